The molecule has 0 fully saturated rings. The molecule has 1 aromatic heterocycles. The lowest BCUT2D eigenvalue weighted by atomic mass is 10.0. The summed E-state index contributed by atoms with van der Waals surface area (Å²) >= 11 is 0. The zero-order valence-corrected chi connectivity index (χ0v) is 19.4. The van der Waals surface area contributed by atoms with Crippen molar-refractivity contribution in [3.05, 3.63) is 71.0 Å². The Morgan fingerprint density at radius 2 is 1.84 bits per heavy atom. The van der Waals surface area contributed by atoms with Crippen molar-refractivity contribution in [2.24, 2.45) is 0 Å². The maximum Gasteiger partial charge on any atom is 0.240 e. The van der Waals surface area contributed by atoms with Crippen LogP contribution in [0.4, 0.5) is 5.69 Å². The van der Waals surface area contributed by atoms with Crippen LogP contribution >= 0.6 is 0 Å². The lowest BCUT2D eigenvalue weighted by molar-refractivity contribution is -0.116. The molecule has 0 saturated carbocycles. The van der Waals surface area contributed by atoms with E-state index in [1.165, 1.54) is 6.92 Å². The van der Waals surface area contributed by atoms with Gasteiger partial charge in [0.05, 0.1) is 16.3 Å². The molecule has 8 heteroatoms. The highest BCUT2D eigenvalue weighted by atomic mass is 32.2. The summed E-state index contributed by atoms with van der Waals surface area (Å²) in [6, 6.07) is 15.0. The average Bonchev–Trinajstić information content (AvgIpc) is 3.11. The number of hydrogen-bond donors (Lipinski definition) is 1. The molecule has 1 aliphatic rings. The van der Waals surface area contributed by atoms with E-state index in [1.807, 2.05) is 48.9 Å². The maximum atomic E-state index is 12.8. The molecule has 168 valence electrons. The summed E-state index contributed by atoms with van der Waals surface area (Å²) in [5.74, 6) is -0.0245. The van der Waals surface area contributed by atoms with Crippen molar-refractivity contribution in [1.82, 2.24) is 14.5 Å². The highest BCUT2D eigenvalue weighted by molar-refractivity contribution is 7.89. The number of fused-ring (bicyclic) bond motifs is 1. The second-order valence-corrected chi connectivity index (χ2v) is 9.98. The number of carbonyl (C=O) groups is 1. The van der Waals surface area contributed by atoms with Gasteiger partial charge in [-0.3, -0.25) is 4.79 Å². The summed E-state index contributed by atoms with van der Waals surface area (Å²) in [6.45, 7) is 6.49. The van der Waals surface area contributed by atoms with Crippen LogP contribution in [0, 0.1) is 13.8 Å². The normalized spacial score (nSPS) is 13.8. The van der Waals surface area contributed by atoms with E-state index in [4.69, 9.17) is 0 Å². The Morgan fingerprint density at radius 1 is 1.09 bits per heavy atom. The van der Waals surface area contributed by atoms with Crippen LogP contribution in [0.3, 0.4) is 0 Å². The van der Waals surface area contributed by atoms with E-state index >= 15 is 0 Å². The van der Waals surface area contributed by atoms with Gasteiger partial charge in [-0.25, -0.2) is 17.8 Å². The molecule has 0 saturated heterocycles. The molecule has 32 heavy (non-hydrogen) atoms. The number of aromatic nitrogens is 2. The van der Waals surface area contributed by atoms with Gasteiger partial charge in [-0.2, -0.15) is 5.10 Å². The van der Waals surface area contributed by atoms with E-state index in [0.29, 0.717) is 19.5 Å². The van der Waals surface area contributed by atoms with Crippen LogP contribution in [0.1, 0.15) is 35.9 Å². The van der Waals surface area contributed by atoms with Crippen LogP contribution in [0.15, 0.2) is 53.4 Å². The zero-order chi connectivity index (χ0) is 22.9. The van der Waals surface area contributed by atoms with Gasteiger partial charge in [-0.15, -0.1) is 0 Å². The Labute approximate surface area is 189 Å². The number of rotatable bonds is 6. The third-order valence-electron chi connectivity index (χ3n) is 5.76. The first-order chi connectivity index (χ1) is 15.2. The van der Waals surface area contributed by atoms with Crippen LogP contribution in [0.5, 0.6) is 0 Å². The van der Waals surface area contributed by atoms with Gasteiger partial charge in [0, 0.05) is 31.4 Å². The zero-order valence-electron chi connectivity index (χ0n) is 18.6. The van der Waals surface area contributed by atoms with Crippen LogP contribution in [-0.2, 0) is 27.7 Å². The predicted octanol–water partition coefficient (Wildman–Crippen LogP) is 3.31. The Hall–Kier alpha value is -2.97. The quantitative estimate of drug-likeness (QED) is 0.622. The van der Waals surface area contributed by atoms with E-state index in [-0.39, 0.29) is 10.8 Å². The number of hydrogen-bond acceptors (Lipinski definition) is 4. The fourth-order valence-corrected chi connectivity index (χ4v) is 5.26. The van der Waals surface area contributed by atoms with Crippen LogP contribution in [0.2, 0.25) is 0 Å². The number of anilines is 1. The molecule has 2 heterocycles. The summed E-state index contributed by atoms with van der Waals surface area (Å²) in [7, 11) is -3.62. The number of nitrogens with zero attached hydrogens (tertiary/aromatic N) is 3. The van der Waals surface area contributed by atoms with Gasteiger partial charge in [0.1, 0.15) is 0 Å². The van der Waals surface area contributed by atoms with Crippen molar-refractivity contribution in [3.8, 4) is 5.69 Å². The van der Waals surface area contributed by atoms with Gasteiger partial charge in [-0.1, -0.05) is 12.1 Å². The SMILES string of the molecule is CC(=O)N1CCCc2cc(S(=O)(=O)NCCc3ccc(-n4nc(C)cc4C)cc3)ccc21. The molecule has 4 rings (SSSR count). The molecule has 0 spiro atoms. The summed E-state index contributed by atoms with van der Waals surface area (Å²) in [4.78, 5) is 13.8. The Balaban J connectivity index is 1.40. The van der Waals surface area contributed by atoms with E-state index in [2.05, 4.69) is 9.82 Å². The summed E-state index contributed by atoms with van der Waals surface area (Å²) in [6.07, 6.45) is 2.18. The Morgan fingerprint density at radius 3 is 2.50 bits per heavy atom. The van der Waals surface area contributed by atoms with Crippen molar-refractivity contribution < 1.29 is 13.2 Å². The lowest BCUT2D eigenvalue weighted by Crippen LogP contribution is -2.33. The van der Waals surface area contributed by atoms with Crippen LogP contribution in [-0.4, -0.2) is 37.2 Å². The highest BCUT2D eigenvalue weighted by Gasteiger charge is 2.22. The lowest BCUT2D eigenvalue weighted by Gasteiger charge is -2.28. The molecule has 0 aliphatic carbocycles. The Bertz CT molecular complexity index is 1250. The largest absolute Gasteiger partial charge is 0.312 e. The van der Waals surface area contributed by atoms with Gasteiger partial charge in [0.25, 0.3) is 0 Å². The third-order valence-corrected chi connectivity index (χ3v) is 7.21. The molecule has 1 aliphatic heterocycles. The summed E-state index contributed by atoms with van der Waals surface area (Å²) in [5.41, 5.74) is 5.77. The van der Waals surface area contributed by atoms with Gasteiger partial charge in [0.2, 0.25) is 15.9 Å². The monoisotopic (exact) mass is 452 g/mol. The number of sulfonamides is 1. The average molecular weight is 453 g/mol. The number of carbonyl (C=O) groups excluding carboxylic acids is 1. The summed E-state index contributed by atoms with van der Waals surface area (Å²) < 4.78 is 30.2. The van der Waals surface area contributed by atoms with Crippen molar-refractivity contribution in [3.63, 3.8) is 0 Å². The first-order valence-corrected chi connectivity index (χ1v) is 12.3. The highest BCUT2D eigenvalue weighted by Crippen LogP contribution is 2.29. The van der Waals surface area contributed by atoms with Gasteiger partial charge >= 0.3 is 0 Å². The molecule has 0 bridgehead atoms. The molecular formula is C24H28N4O3S. The minimum Gasteiger partial charge on any atom is -0.312 e. The van der Waals surface area contributed by atoms with Crippen molar-refractivity contribution in [2.45, 2.75) is 44.9 Å². The molecular weight excluding hydrogens is 424 g/mol. The molecule has 0 atom stereocenters. The molecule has 3 aromatic rings. The molecule has 7 nitrogen and oxygen atoms in total. The first kappa shape index (κ1) is 22.2. The standard InChI is InChI=1S/C24H28N4O3S/c1-17-15-18(2)28(26-17)22-8-6-20(7-9-22)12-13-25-32(30,31)23-10-11-24-21(16-23)5-4-14-27(24)19(3)29/h6-11,15-16,25H,4-5,12-14H2,1-3H3. The molecule has 2 aromatic carbocycles. The molecule has 1 N–H and O–H groups in total. The first-order valence-electron chi connectivity index (χ1n) is 10.8. The van der Waals surface area contributed by atoms with Gasteiger partial charge in [0.15, 0.2) is 0 Å². The number of nitrogens with one attached hydrogen (secondary N) is 1. The van der Waals surface area contributed by atoms with Crippen molar-refractivity contribution in [1.29, 1.82) is 0 Å². The third kappa shape index (κ3) is 4.61. The maximum absolute atomic E-state index is 12.8. The van der Waals surface area contributed by atoms with E-state index in [9.17, 15) is 13.2 Å². The van der Waals surface area contributed by atoms with Gasteiger partial charge < -0.3 is 4.90 Å². The minimum atomic E-state index is -3.62. The number of aryl methyl sites for hydroxylation is 3. The van der Waals surface area contributed by atoms with Crippen molar-refractivity contribution in [2.75, 3.05) is 18.0 Å². The smallest absolute Gasteiger partial charge is 0.240 e. The van der Waals surface area contributed by atoms with Crippen LogP contribution in [0.25, 0.3) is 5.69 Å². The minimum absolute atomic E-state index is 0.0245. The molecule has 0 unspecified atom stereocenters. The number of amides is 1. The summed E-state index contributed by atoms with van der Waals surface area (Å²) in [5, 5.41) is 4.49. The second kappa shape index (κ2) is 8.88. The van der Waals surface area contributed by atoms with E-state index in [0.717, 1.165) is 46.7 Å². The predicted molar refractivity (Wildman–Crippen MR) is 125 cm³/mol. The van der Waals surface area contributed by atoms with Crippen LogP contribution < -0.4 is 9.62 Å². The molecule has 0 radical (unpaired) electrons. The van der Waals surface area contributed by atoms with Gasteiger partial charge in [-0.05, 0) is 80.6 Å². The second-order valence-electron chi connectivity index (χ2n) is 8.22. The number of benzene rings is 2. The topological polar surface area (TPSA) is 84.3 Å². The fraction of sp³-hybridized carbons (Fsp3) is 0.333. The van der Waals surface area contributed by atoms with E-state index in [1.54, 1.807) is 23.1 Å². The Kier molecular flexibility index (Phi) is 6.17. The fourth-order valence-electron chi connectivity index (χ4n) is 4.17. The molecule has 1 amide bonds. The van der Waals surface area contributed by atoms with E-state index < -0.39 is 10.0 Å². The van der Waals surface area contributed by atoms with Crippen molar-refractivity contribution >= 4 is 21.6 Å².